The normalized spacial score (nSPS) is 13.6. The number of methoxy groups -OCH3 is 2. The van der Waals surface area contributed by atoms with Gasteiger partial charge in [0.2, 0.25) is 0 Å². The summed E-state index contributed by atoms with van der Waals surface area (Å²) in [7, 11) is 3.26. The average molecular weight is 354 g/mol. The highest BCUT2D eigenvalue weighted by atomic mass is 32.1. The molecule has 0 atom stereocenters. The largest absolute Gasteiger partial charge is 0.493 e. The fraction of sp³-hybridized carbons (Fsp3) is 0.263. The Bertz CT molecular complexity index is 951. The van der Waals surface area contributed by atoms with Crippen molar-refractivity contribution in [2.75, 3.05) is 20.8 Å². The Labute approximate surface area is 149 Å². The number of fused-ring (bicyclic) bond motifs is 2. The molecule has 5 nitrogen and oxygen atoms in total. The SMILES string of the molecule is COc1cc2c(cc1OC)CN(C(=O)c1ccc3ncsc3c1)CC2. The Morgan fingerprint density at radius 2 is 1.88 bits per heavy atom. The quantitative estimate of drug-likeness (QED) is 0.722. The number of carbonyl (C=O) groups is 1. The minimum Gasteiger partial charge on any atom is -0.493 e. The second kappa shape index (κ2) is 6.37. The smallest absolute Gasteiger partial charge is 0.254 e. The first kappa shape index (κ1) is 15.9. The van der Waals surface area contributed by atoms with E-state index in [1.54, 1.807) is 31.1 Å². The van der Waals surface area contributed by atoms with Gasteiger partial charge in [-0.2, -0.15) is 0 Å². The van der Waals surface area contributed by atoms with Gasteiger partial charge in [-0.1, -0.05) is 0 Å². The van der Waals surface area contributed by atoms with E-state index in [0.29, 0.717) is 24.4 Å². The van der Waals surface area contributed by atoms with Crippen LogP contribution in [0.1, 0.15) is 21.5 Å². The number of rotatable bonds is 3. The van der Waals surface area contributed by atoms with Crippen LogP contribution < -0.4 is 9.47 Å². The van der Waals surface area contributed by atoms with Crippen molar-refractivity contribution in [3.05, 3.63) is 52.5 Å². The van der Waals surface area contributed by atoms with E-state index in [2.05, 4.69) is 4.98 Å². The summed E-state index contributed by atoms with van der Waals surface area (Å²) in [4.78, 5) is 19.1. The number of nitrogens with zero attached hydrogens (tertiary/aromatic N) is 2. The third kappa shape index (κ3) is 2.82. The van der Waals surface area contributed by atoms with Crippen LogP contribution >= 0.6 is 11.3 Å². The number of aromatic nitrogens is 1. The summed E-state index contributed by atoms with van der Waals surface area (Å²) in [6.45, 7) is 1.28. The molecule has 0 saturated carbocycles. The second-order valence-electron chi connectivity index (χ2n) is 5.99. The second-order valence-corrected chi connectivity index (χ2v) is 6.87. The zero-order valence-electron chi connectivity index (χ0n) is 14.1. The van der Waals surface area contributed by atoms with Gasteiger partial charge in [0.05, 0.1) is 29.9 Å². The minimum atomic E-state index is 0.0516. The van der Waals surface area contributed by atoms with Gasteiger partial charge in [-0.05, 0) is 47.9 Å². The third-order valence-corrected chi connectivity index (χ3v) is 5.38. The van der Waals surface area contributed by atoms with E-state index in [-0.39, 0.29) is 5.91 Å². The van der Waals surface area contributed by atoms with Crippen molar-refractivity contribution in [1.29, 1.82) is 0 Å². The maximum Gasteiger partial charge on any atom is 0.254 e. The molecule has 3 aromatic rings. The first-order valence-corrected chi connectivity index (χ1v) is 8.94. The lowest BCUT2D eigenvalue weighted by atomic mass is 9.98. The highest BCUT2D eigenvalue weighted by Crippen LogP contribution is 2.33. The van der Waals surface area contributed by atoms with Gasteiger partial charge in [0, 0.05) is 18.7 Å². The number of carbonyl (C=O) groups excluding carboxylic acids is 1. The highest BCUT2D eigenvalue weighted by Gasteiger charge is 2.24. The molecule has 1 aromatic heterocycles. The number of thiazole rings is 1. The maximum absolute atomic E-state index is 12.9. The third-order valence-electron chi connectivity index (χ3n) is 4.58. The molecule has 25 heavy (non-hydrogen) atoms. The first-order valence-electron chi connectivity index (χ1n) is 8.06. The molecule has 1 amide bonds. The Morgan fingerprint density at radius 3 is 2.64 bits per heavy atom. The van der Waals surface area contributed by atoms with Crippen molar-refractivity contribution in [2.24, 2.45) is 0 Å². The van der Waals surface area contributed by atoms with E-state index in [9.17, 15) is 4.79 Å². The summed E-state index contributed by atoms with van der Waals surface area (Å²) >= 11 is 1.55. The fourth-order valence-electron chi connectivity index (χ4n) is 3.23. The zero-order chi connectivity index (χ0) is 17.4. The molecule has 2 heterocycles. The van der Waals surface area contributed by atoms with E-state index in [1.807, 2.05) is 35.2 Å². The number of hydrogen-bond donors (Lipinski definition) is 0. The van der Waals surface area contributed by atoms with Gasteiger partial charge < -0.3 is 14.4 Å². The van der Waals surface area contributed by atoms with Gasteiger partial charge in [0.1, 0.15) is 0 Å². The molecule has 0 spiro atoms. The van der Waals surface area contributed by atoms with Gasteiger partial charge in [0.25, 0.3) is 5.91 Å². The lowest BCUT2D eigenvalue weighted by Crippen LogP contribution is -2.36. The number of amides is 1. The number of ether oxygens (including phenoxy) is 2. The van der Waals surface area contributed by atoms with Crippen LogP contribution in [0.2, 0.25) is 0 Å². The van der Waals surface area contributed by atoms with E-state index >= 15 is 0 Å². The molecule has 4 rings (SSSR count). The Morgan fingerprint density at radius 1 is 1.12 bits per heavy atom. The molecule has 0 unspecified atom stereocenters. The summed E-state index contributed by atoms with van der Waals surface area (Å²) in [6, 6.07) is 9.68. The summed E-state index contributed by atoms with van der Waals surface area (Å²) in [5, 5.41) is 0. The van der Waals surface area contributed by atoms with Gasteiger partial charge in [-0.15, -0.1) is 11.3 Å². The van der Waals surface area contributed by atoms with Crippen molar-refractivity contribution >= 4 is 27.5 Å². The molecule has 1 aliphatic heterocycles. The molecule has 6 heteroatoms. The van der Waals surface area contributed by atoms with Crippen LogP contribution in [0.5, 0.6) is 11.5 Å². The average Bonchev–Trinajstić information content (AvgIpc) is 3.13. The summed E-state index contributed by atoms with van der Waals surface area (Å²) in [6.07, 6.45) is 0.810. The van der Waals surface area contributed by atoms with Crippen LogP contribution in [0.25, 0.3) is 10.2 Å². The van der Waals surface area contributed by atoms with Gasteiger partial charge >= 0.3 is 0 Å². The first-order chi connectivity index (χ1) is 12.2. The van der Waals surface area contributed by atoms with Crippen molar-refractivity contribution in [3.8, 4) is 11.5 Å². The number of benzene rings is 2. The van der Waals surface area contributed by atoms with Gasteiger partial charge in [0.15, 0.2) is 11.5 Å². The number of hydrogen-bond acceptors (Lipinski definition) is 5. The van der Waals surface area contributed by atoms with Gasteiger partial charge in [-0.25, -0.2) is 4.98 Å². The maximum atomic E-state index is 12.9. The molecule has 0 radical (unpaired) electrons. The summed E-state index contributed by atoms with van der Waals surface area (Å²) in [5.41, 5.74) is 5.76. The minimum absolute atomic E-state index is 0.0516. The Kier molecular flexibility index (Phi) is 4.05. The van der Waals surface area contributed by atoms with Crippen molar-refractivity contribution < 1.29 is 14.3 Å². The molecule has 1 aliphatic rings. The Hall–Kier alpha value is -2.60. The standard InChI is InChI=1S/C19H18N2O3S/c1-23-16-7-12-5-6-21(10-14(12)8-17(16)24-2)19(22)13-3-4-15-18(9-13)25-11-20-15/h3-4,7-9,11H,5-6,10H2,1-2H3. The van der Waals surface area contributed by atoms with E-state index in [4.69, 9.17) is 9.47 Å². The molecule has 0 fully saturated rings. The van der Waals surface area contributed by atoms with E-state index < -0.39 is 0 Å². The van der Waals surface area contributed by atoms with Crippen LogP contribution in [0, 0.1) is 0 Å². The molecular weight excluding hydrogens is 336 g/mol. The molecule has 0 bridgehead atoms. The van der Waals surface area contributed by atoms with E-state index in [1.165, 1.54) is 5.56 Å². The highest BCUT2D eigenvalue weighted by molar-refractivity contribution is 7.16. The molecule has 0 N–H and O–H groups in total. The topological polar surface area (TPSA) is 51.7 Å². The van der Waals surface area contributed by atoms with Crippen LogP contribution in [0.3, 0.4) is 0 Å². The molecule has 128 valence electrons. The monoisotopic (exact) mass is 354 g/mol. The predicted molar refractivity (Wildman–Crippen MR) is 97.6 cm³/mol. The van der Waals surface area contributed by atoms with Crippen LogP contribution in [0.4, 0.5) is 0 Å². The molecule has 0 aliphatic carbocycles. The fourth-order valence-corrected chi connectivity index (χ4v) is 3.94. The van der Waals surface area contributed by atoms with Crippen molar-refractivity contribution in [1.82, 2.24) is 9.88 Å². The summed E-state index contributed by atoms with van der Waals surface area (Å²) < 4.78 is 11.8. The molecular formula is C19H18N2O3S. The molecule has 0 saturated heterocycles. The van der Waals surface area contributed by atoms with Crippen LogP contribution in [-0.4, -0.2) is 36.6 Å². The summed E-state index contributed by atoms with van der Waals surface area (Å²) in [5.74, 6) is 1.48. The lowest BCUT2D eigenvalue weighted by Gasteiger charge is -2.29. The van der Waals surface area contributed by atoms with E-state index in [0.717, 1.165) is 28.0 Å². The van der Waals surface area contributed by atoms with Gasteiger partial charge in [-0.3, -0.25) is 4.79 Å². The van der Waals surface area contributed by atoms with Crippen LogP contribution in [-0.2, 0) is 13.0 Å². The zero-order valence-corrected chi connectivity index (χ0v) is 14.9. The van der Waals surface area contributed by atoms with Crippen LogP contribution in [0.15, 0.2) is 35.8 Å². The lowest BCUT2D eigenvalue weighted by molar-refractivity contribution is 0.0734. The van der Waals surface area contributed by atoms with Crippen molar-refractivity contribution in [2.45, 2.75) is 13.0 Å². The molecule has 2 aromatic carbocycles. The predicted octanol–water partition coefficient (Wildman–Crippen LogP) is 3.51. The van der Waals surface area contributed by atoms with Crippen molar-refractivity contribution in [3.63, 3.8) is 0 Å². The Balaban J connectivity index is 1.61.